The van der Waals surface area contributed by atoms with E-state index in [-0.39, 0.29) is 5.95 Å². The van der Waals surface area contributed by atoms with Gasteiger partial charge < -0.3 is 11.1 Å². The number of hydrogen-bond acceptors (Lipinski definition) is 5. The number of halogens is 3. The summed E-state index contributed by atoms with van der Waals surface area (Å²) in [6.07, 6.45) is -4.67. The second kappa shape index (κ2) is 4.71. The molecule has 1 aromatic heterocycles. The number of anilines is 3. The van der Waals surface area contributed by atoms with Crippen LogP contribution >= 0.6 is 0 Å². The van der Waals surface area contributed by atoms with Crippen molar-refractivity contribution in [3.8, 4) is 0 Å². The monoisotopic (exact) mass is 269 g/mol. The molecule has 0 unspecified atom stereocenters. The maximum Gasteiger partial charge on any atom is 0.451 e. The van der Waals surface area contributed by atoms with Gasteiger partial charge in [0.25, 0.3) is 0 Å². The number of nitrogens with one attached hydrogen (secondary N) is 1. The van der Waals surface area contributed by atoms with Gasteiger partial charge in [0.15, 0.2) is 0 Å². The molecule has 0 fully saturated rings. The first kappa shape index (κ1) is 13.1. The first-order valence-electron chi connectivity index (χ1n) is 5.27. The van der Waals surface area contributed by atoms with E-state index in [2.05, 4.69) is 20.3 Å². The molecule has 100 valence electrons. The zero-order chi connectivity index (χ0) is 14.0. The number of aromatic nitrogens is 3. The van der Waals surface area contributed by atoms with Gasteiger partial charge in [-0.05, 0) is 24.6 Å². The van der Waals surface area contributed by atoms with Crippen LogP contribution in [0.15, 0.2) is 24.3 Å². The Labute approximate surface area is 106 Å². The first-order valence-corrected chi connectivity index (χ1v) is 5.27. The summed E-state index contributed by atoms with van der Waals surface area (Å²) in [7, 11) is 0. The number of rotatable bonds is 2. The molecule has 0 radical (unpaired) electrons. The van der Waals surface area contributed by atoms with E-state index in [0.29, 0.717) is 5.69 Å². The lowest BCUT2D eigenvalue weighted by atomic mass is 10.2. The molecule has 19 heavy (non-hydrogen) atoms. The molecule has 0 saturated carbocycles. The van der Waals surface area contributed by atoms with Crippen LogP contribution in [0.3, 0.4) is 0 Å². The van der Waals surface area contributed by atoms with Gasteiger partial charge in [0, 0.05) is 5.69 Å². The van der Waals surface area contributed by atoms with E-state index in [1.807, 2.05) is 13.0 Å². The SMILES string of the molecule is Cc1cccc(Nc2nc(N)nc(C(F)(F)F)n2)c1. The highest BCUT2D eigenvalue weighted by molar-refractivity contribution is 5.54. The molecule has 2 rings (SSSR count). The van der Waals surface area contributed by atoms with Crippen molar-refractivity contribution in [1.29, 1.82) is 0 Å². The van der Waals surface area contributed by atoms with E-state index >= 15 is 0 Å². The van der Waals surface area contributed by atoms with Gasteiger partial charge >= 0.3 is 6.18 Å². The Kier molecular flexibility index (Phi) is 3.24. The number of nitrogens with two attached hydrogens (primary N) is 1. The van der Waals surface area contributed by atoms with Crippen LogP contribution in [-0.2, 0) is 6.18 Å². The summed E-state index contributed by atoms with van der Waals surface area (Å²) in [5, 5.41) is 2.66. The van der Waals surface area contributed by atoms with Crippen molar-refractivity contribution in [2.24, 2.45) is 0 Å². The topological polar surface area (TPSA) is 76.7 Å². The summed E-state index contributed by atoms with van der Waals surface area (Å²) in [6.45, 7) is 1.86. The quantitative estimate of drug-likeness (QED) is 0.876. The van der Waals surface area contributed by atoms with Crippen molar-refractivity contribution < 1.29 is 13.2 Å². The zero-order valence-corrected chi connectivity index (χ0v) is 9.86. The van der Waals surface area contributed by atoms with E-state index < -0.39 is 17.9 Å². The fourth-order valence-electron chi connectivity index (χ4n) is 1.43. The molecule has 0 saturated heterocycles. The van der Waals surface area contributed by atoms with Gasteiger partial charge in [0.1, 0.15) is 0 Å². The molecule has 1 heterocycles. The van der Waals surface area contributed by atoms with Crippen LogP contribution < -0.4 is 11.1 Å². The van der Waals surface area contributed by atoms with E-state index in [1.54, 1.807) is 18.2 Å². The average molecular weight is 269 g/mol. The Morgan fingerprint density at radius 2 is 1.89 bits per heavy atom. The number of benzene rings is 1. The van der Waals surface area contributed by atoms with Crippen LogP contribution in [0.1, 0.15) is 11.4 Å². The summed E-state index contributed by atoms with van der Waals surface area (Å²) in [5.41, 5.74) is 6.75. The van der Waals surface area contributed by atoms with Gasteiger partial charge in [0.05, 0.1) is 0 Å². The van der Waals surface area contributed by atoms with Gasteiger partial charge in [-0.15, -0.1) is 0 Å². The number of nitrogens with zero attached hydrogens (tertiary/aromatic N) is 3. The standard InChI is InChI=1S/C11H10F3N5/c1-6-3-2-4-7(5-6)16-10-18-8(11(12,13)14)17-9(15)19-10/h2-5H,1H3,(H3,15,16,17,18,19). The van der Waals surface area contributed by atoms with Crippen LogP contribution in [0.5, 0.6) is 0 Å². The Balaban J connectivity index is 2.33. The Morgan fingerprint density at radius 1 is 1.16 bits per heavy atom. The normalized spacial score (nSPS) is 11.4. The molecule has 0 aliphatic heterocycles. The van der Waals surface area contributed by atoms with Crippen LogP contribution in [-0.4, -0.2) is 15.0 Å². The third kappa shape index (κ3) is 3.30. The molecular weight excluding hydrogens is 259 g/mol. The van der Waals surface area contributed by atoms with E-state index in [0.717, 1.165) is 5.56 Å². The second-order valence-electron chi connectivity index (χ2n) is 3.83. The molecule has 0 aliphatic rings. The summed E-state index contributed by atoms with van der Waals surface area (Å²) in [5.74, 6) is -2.06. The molecule has 8 heteroatoms. The van der Waals surface area contributed by atoms with Gasteiger partial charge in [0.2, 0.25) is 17.7 Å². The molecule has 3 N–H and O–H groups in total. The summed E-state index contributed by atoms with van der Waals surface area (Å²) >= 11 is 0. The predicted molar refractivity (Wildman–Crippen MR) is 63.7 cm³/mol. The number of hydrogen-bond donors (Lipinski definition) is 2. The Hall–Kier alpha value is -2.38. The maximum atomic E-state index is 12.5. The van der Waals surface area contributed by atoms with Gasteiger partial charge in [-0.1, -0.05) is 12.1 Å². The van der Waals surface area contributed by atoms with E-state index in [1.165, 1.54) is 0 Å². The second-order valence-corrected chi connectivity index (χ2v) is 3.83. The molecule has 5 nitrogen and oxygen atoms in total. The van der Waals surface area contributed by atoms with Gasteiger partial charge in [-0.2, -0.15) is 28.1 Å². The molecule has 2 aromatic rings. The Bertz CT molecular complexity index is 597. The minimum absolute atomic E-state index is 0.245. The molecule has 0 atom stereocenters. The lowest BCUT2D eigenvalue weighted by Gasteiger charge is -2.09. The summed E-state index contributed by atoms with van der Waals surface area (Å²) in [4.78, 5) is 9.96. The smallest absolute Gasteiger partial charge is 0.368 e. The molecular formula is C11H10F3N5. The van der Waals surface area contributed by atoms with Crippen molar-refractivity contribution in [2.75, 3.05) is 11.1 Å². The predicted octanol–water partition coefficient (Wildman–Crippen LogP) is 2.52. The van der Waals surface area contributed by atoms with Gasteiger partial charge in [-0.3, -0.25) is 0 Å². The van der Waals surface area contributed by atoms with Crippen LogP contribution in [0.4, 0.5) is 30.8 Å². The number of aryl methyl sites for hydroxylation is 1. The Morgan fingerprint density at radius 3 is 2.53 bits per heavy atom. The van der Waals surface area contributed by atoms with Crippen LogP contribution in [0.2, 0.25) is 0 Å². The maximum absolute atomic E-state index is 12.5. The van der Waals surface area contributed by atoms with Crippen molar-refractivity contribution in [3.05, 3.63) is 35.7 Å². The molecule has 0 spiro atoms. The minimum Gasteiger partial charge on any atom is -0.368 e. The summed E-state index contributed by atoms with van der Waals surface area (Å²) in [6, 6.07) is 7.04. The highest BCUT2D eigenvalue weighted by Gasteiger charge is 2.35. The molecule has 0 amide bonds. The van der Waals surface area contributed by atoms with Crippen molar-refractivity contribution >= 4 is 17.6 Å². The first-order chi connectivity index (χ1) is 8.84. The van der Waals surface area contributed by atoms with Gasteiger partial charge in [-0.25, -0.2) is 0 Å². The third-order valence-electron chi connectivity index (χ3n) is 2.18. The molecule has 1 aromatic carbocycles. The fourth-order valence-corrected chi connectivity index (χ4v) is 1.43. The minimum atomic E-state index is -4.67. The fraction of sp³-hybridized carbons (Fsp3) is 0.182. The number of alkyl halides is 3. The molecule has 0 aliphatic carbocycles. The van der Waals surface area contributed by atoms with Crippen LogP contribution in [0, 0.1) is 6.92 Å². The molecule has 0 bridgehead atoms. The summed E-state index contributed by atoms with van der Waals surface area (Å²) < 4.78 is 37.5. The van der Waals surface area contributed by atoms with Crippen molar-refractivity contribution in [3.63, 3.8) is 0 Å². The van der Waals surface area contributed by atoms with Crippen LogP contribution in [0.25, 0.3) is 0 Å². The lowest BCUT2D eigenvalue weighted by molar-refractivity contribution is -0.144. The van der Waals surface area contributed by atoms with E-state index in [4.69, 9.17) is 5.73 Å². The highest BCUT2D eigenvalue weighted by atomic mass is 19.4. The zero-order valence-electron chi connectivity index (χ0n) is 9.86. The largest absolute Gasteiger partial charge is 0.451 e. The third-order valence-corrected chi connectivity index (χ3v) is 2.18. The van der Waals surface area contributed by atoms with Crippen molar-refractivity contribution in [2.45, 2.75) is 13.1 Å². The lowest BCUT2D eigenvalue weighted by Crippen LogP contribution is -2.15. The van der Waals surface area contributed by atoms with E-state index in [9.17, 15) is 13.2 Å². The number of nitrogen functional groups attached to an aromatic ring is 1. The van der Waals surface area contributed by atoms with Crippen molar-refractivity contribution in [1.82, 2.24) is 15.0 Å². The average Bonchev–Trinajstić information content (AvgIpc) is 2.26. The highest BCUT2D eigenvalue weighted by Crippen LogP contribution is 2.27.